The summed E-state index contributed by atoms with van der Waals surface area (Å²) in [5, 5.41) is 7.43. The highest BCUT2D eigenvalue weighted by molar-refractivity contribution is 7.07. The molecule has 94 valence electrons. The lowest BCUT2D eigenvalue weighted by atomic mass is 10.1. The van der Waals surface area contributed by atoms with E-state index >= 15 is 0 Å². The molecule has 4 nitrogen and oxygen atoms in total. The van der Waals surface area contributed by atoms with Crippen LogP contribution in [0.5, 0.6) is 0 Å². The predicted molar refractivity (Wildman–Crippen MR) is 75.7 cm³/mol. The van der Waals surface area contributed by atoms with Gasteiger partial charge in [-0.25, -0.2) is 0 Å². The van der Waals surface area contributed by atoms with Crippen molar-refractivity contribution in [2.24, 2.45) is 5.73 Å². The van der Waals surface area contributed by atoms with Gasteiger partial charge in [-0.2, -0.15) is 11.3 Å². The van der Waals surface area contributed by atoms with Crippen molar-refractivity contribution in [3.05, 3.63) is 46.2 Å². The highest BCUT2D eigenvalue weighted by atomic mass is 32.1. The number of rotatable bonds is 4. The zero-order valence-corrected chi connectivity index (χ0v) is 10.8. The molecule has 0 fully saturated rings. The lowest BCUT2D eigenvalue weighted by Gasteiger charge is -2.16. The number of nitrogens with one attached hydrogen (secondary N) is 1. The molecule has 2 aromatic rings. The largest absolute Gasteiger partial charge is 0.397 e. The summed E-state index contributed by atoms with van der Waals surface area (Å²) >= 11 is 1.66. The molecule has 1 heterocycles. The molecule has 0 aliphatic heterocycles. The van der Waals surface area contributed by atoms with Crippen LogP contribution in [-0.4, -0.2) is 5.91 Å². The van der Waals surface area contributed by atoms with Crippen molar-refractivity contribution in [2.45, 2.75) is 13.0 Å². The van der Waals surface area contributed by atoms with E-state index < -0.39 is 5.91 Å². The van der Waals surface area contributed by atoms with Gasteiger partial charge >= 0.3 is 0 Å². The van der Waals surface area contributed by atoms with E-state index in [9.17, 15) is 4.79 Å². The second kappa shape index (κ2) is 5.10. The van der Waals surface area contributed by atoms with Gasteiger partial charge in [0.1, 0.15) is 0 Å². The number of thiophene rings is 1. The molecule has 5 N–H and O–H groups in total. The monoisotopic (exact) mass is 261 g/mol. The fraction of sp³-hybridized carbons (Fsp3) is 0.154. The van der Waals surface area contributed by atoms with Gasteiger partial charge in [0.15, 0.2) is 0 Å². The van der Waals surface area contributed by atoms with Crippen molar-refractivity contribution in [1.82, 2.24) is 0 Å². The van der Waals surface area contributed by atoms with Gasteiger partial charge in [-0.05, 0) is 47.5 Å². The zero-order valence-electron chi connectivity index (χ0n) is 10.0. The van der Waals surface area contributed by atoms with Crippen molar-refractivity contribution in [3.63, 3.8) is 0 Å². The van der Waals surface area contributed by atoms with Crippen LogP contribution in [-0.2, 0) is 0 Å². The third-order valence-corrected chi connectivity index (χ3v) is 3.45. The molecule has 1 atom stereocenters. The summed E-state index contributed by atoms with van der Waals surface area (Å²) < 4.78 is 0. The second-order valence-corrected chi connectivity index (χ2v) is 4.87. The molecule has 0 bridgehead atoms. The van der Waals surface area contributed by atoms with E-state index in [1.54, 1.807) is 29.5 Å². The van der Waals surface area contributed by atoms with E-state index in [1.807, 2.05) is 5.38 Å². The van der Waals surface area contributed by atoms with Crippen LogP contribution in [0.15, 0.2) is 35.0 Å². The first-order valence-electron chi connectivity index (χ1n) is 5.56. The molecule has 1 aromatic heterocycles. The smallest absolute Gasteiger partial charge is 0.248 e. The van der Waals surface area contributed by atoms with Gasteiger partial charge in [-0.15, -0.1) is 0 Å². The highest BCUT2D eigenvalue weighted by Crippen LogP contribution is 2.26. The summed E-state index contributed by atoms with van der Waals surface area (Å²) in [6.45, 7) is 2.06. The van der Waals surface area contributed by atoms with Crippen molar-refractivity contribution < 1.29 is 4.79 Å². The molecule has 18 heavy (non-hydrogen) atoms. The van der Waals surface area contributed by atoms with E-state index in [0.29, 0.717) is 11.3 Å². The molecular weight excluding hydrogens is 246 g/mol. The van der Waals surface area contributed by atoms with Crippen molar-refractivity contribution >= 4 is 28.6 Å². The quantitative estimate of drug-likeness (QED) is 0.740. The van der Waals surface area contributed by atoms with Crippen LogP contribution in [0.2, 0.25) is 0 Å². The average molecular weight is 261 g/mol. The first-order chi connectivity index (χ1) is 8.58. The van der Waals surface area contributed by atoms with Gasteiger partial charge in [-0.1, -0.05) is 0 Å². The molecule has 0 saturated heterocycles. The lowest BCUT2D eigenvalue weighted by Crippen LogP contribution is -2.12. The Kier molecular flexibility index (Phi) is 3.53. The van der Waals surface area contributed by atoms with Crippen molar-refractivity contribution in [2.75, 3.05) is 11.1 Å². The van der Waals surface area contributed by atoms with E-state index in [1.165, 1.54) is 5.56 Å². The van der Waals surface area contributed by atoms with Crippen LogP contribution in [0.3, 0.4) is 0 Å². The van der Waals surface area contributed by atoms with Crippen LogP contribution in [0.25, 0.3) is 0 Å². The number of amides is 1. The van der Waals surface area contributed by atoms with E-state index in [0.717, 1.165) is 5.69 Å². The topological polar surface area (TPSA) is 81.1 Å². The summed E-state index contributed by atoms with van der Waals surface area (Å²) in [5.74, 6) is -0.473. The van der Waals surface area contributed by atoms with Gasteiger partial charge in [0, 0.05) is 11.6 Å². The molecule has 0 aliphatic rings. The van der Waals surface area contributed by atoms with E-state index in [2.05, 4.69) is 23.7 Å². The summed E-state index contributed by atoms with van der Waals surface area (Å²) in [6, 6.07) is 7.26. The van der Waals surface area contributed by atoms with Crippen LogP contribution >= 0.6 is 11.3 Å². The SMILES string of the molecule is CC(Nc1ccc(C(N)=O)cc1N)c1ccsc1. The predicted octanol–water partition coefficient (Wildman–Crippen LogP) is 2.60. The van der Waals surface area contributed by atoms with E-state index in [4.69, 9.17) is 11.5 Å². The fourth-order valence-electron chi connectivity index (χ4n) is 1.69. The Hall–Kier alpha value is -2.01. The third-order valence-electron chi connectivity index (χ3n) is 2.75. The minimum Gasteiger partial charge on any atom is -0.397 e. The average Bonchev–Trinajstić information content (AvgIpc) is 2.85. The molecule has 0 saturated carbocycles. The Morgan fingerprint density at radius 3 is 2.72 bits per heavy atom. The fourth-order valence-corrected chi connectivity index (χ4v) is 2.44. The van der Waals surface area contributed by atoms with E-state index in [-0.39, 0.29) is 6.04 Å². The van der Waals surface area contributed by atoms with Gasteiger partial charge in [0.2, 0.25) is 5.91 Å². The number of hydrogen-bond donors (Lipinski definition) is 3. The number of carbonyl (C=O) groups excluding carboxylic acids is 1. The normalized spacial score (nSPS) is 12.1. The summed E-state index contributed by atoms with van der Waals surface area (Å²) in [7, 11) is 0. The van der Waals surface area contributed by atoms with Crippen molar-refractivity contribution in [1.29, 1.82) is 0 Å². The van der Waals surface area contributed by atoms with Gasteiger partial charge < -0.3 is 16.8 Å². The first kappa shape index (κ1) is 12.4. The Morgan fingerprint density at radius 1 is 1.39 bits per heavy atom. The standard InChI is InChI=1S/C13H15N3OS/c1-8(10-4-5-18-7-10)16-12-3-2-9(13(15)17)6-11(12)14/h2-8,16H,14H2,1H3,(H2,15,17). The number of hydrogen-bond acceptors (Lipinski definition) is 4. The molecule has 2 rings (SSSR count). The van der Waals surface area contributed by atoms with Gasteiger partial charge in [0.25, 0.3) is 0 Å². The number of benzene rings is 1. The molecule has 0 spiro atoms. The molecule has 1 aromatic carbocycles. The molecule has 1 unspecified atom stereocenters. The summed E-state index contributed by atoms with van der Waals surface area (Å²) in [6.07, 6.45) is 0. The third kappa shape index (κ3) is 2.62. The lowest BCUT2D eigenvalue weighted by molar-refractivity contribution is 0.100. The Balaban J connectivity index is 2.17. The minimum atomic E-state index is -0.473. The highest BCUT2D eigenvalue weighted by Gasteiger charge is 2.09. The zero-order chi connectivity index (χ0) is 13.1. The number of carbonyl (C=O) groups is 1. The second-order valence-electron chi connectivity index (χ2n) is 4.09. The molecule has 0 radical (unpaired) electrons. The van der Waals surface area contributed by atoms with Gasteiger partial charge in [0.05, 0.1) is 11.4 Å². The van der Waals surface area contributed by atoms with Crippen LogP contribution < -0.4 is 16.8 Å². The van der Waals surface area contributed by atoms with Crippen LogP contribution in [0, 0.1) is 0 Å². The van der Waals surface area contributed by atoms with Crippen LogP contribution in [0.4, 0.5) is 11.4 Å². The number of nitrogen functional groups attached to an aromatic ring is 1. The van der Waals surface area contributed by atoms with Gasteiger partial charge in [-0.3, -0.25) is 4.79 Å². The molecule has 5 heteroatoms. The summed E-state index contributed by atoms with van der Waals surface area (Å²) in [4.78, 5) is 11.0. The minimum absolute atomic E-state index is 0.165. The van der Waals surface area contributed by atoms with Crippen molar-refractivity contribution in [3.8, 4) is 0 Å². The molecular formula is C13H15N3OS. The number of anilines is 2. The number of nitrogens with two attached hydrogens (primary N) is 2. The maximum absolute atomic E-state index is 11.0. The number of primary amides is 1. The Morgan fingerprint density at radius 2 is 2.17 bits per heavy atom. The van der Waals surface area contributed by atoms with Crippen LogP contribution in [0.1, 0.15) is 28.9 Å². The molecule has 0 aliphatic carbocycles. The maximum Gasteiger partial charge on any atom is 0.248 e. The maximum atomic E-state index is 11.0. The first-order valence-corrected chi connectivity index (χ1v) is 6.50. The summed E-state index contributed by atoms with van der Waals surface area (Å²) in [5.41, 5.74) is 14.0. The molecule has 1 amide bonds. The Bertz CT molecular complexity index is 551. The Labute approximate surface area is 110 Å².